The summed E-state index contributed by atoms with van der Waals surface area (Å²) in [6.45, 7) is 4.25. The van der Waals surface area contributed by atoms with E-state index in [1.165, 1.54) is 10.8 Å². The van der Waals surface area contributed by atoms with Crippen LogP contribution in [0.3, 0.4) is 0 Å². The predicted molar refractivity (Wildman–Crippen MR) is 208 cm³/mol. The molecule has 13 nitrogen and oxygen atoms in total. The van der Waals surface area contributed by atoms with Crippen LogP contribution in [0.15, 0.2) is 76.7 Å². The van der Waals surface area contributed by atoms with Crippen molar-refractivity contribution >= 4 is 44.8 Å². The van der Waals surface area contributed by atoms with Gasteiger partial charge in [-0.1, -0.05) is 62.8 Å². The molecule has 0 radical (unpaired) electrons. The Hall–Kier alpha value is -5.85. The predicted octanol–water partition coefficient (Wildman–Crippen LogP) is 7.20. The van der Waals surface area contributed by atoms with Gasteiger partial charge in [0.25, 0.3) is 11.5 Å². The first-order valence-electron chi connectivity index (χ1n) is 18.9. The van der Waals surface area contributed by atoms with Crippen LogP contribution in [-0.4, -0.2) is 72.0 Å². The molecule has 5 aromatic rings. The molecule has 1 saturated heterocycles. The third-order valence-corrected chi connectivity index (χ3v) is 12.1. The van der Waals surface area contributed by atoms with Crippen molar-refractivity contribution in [2.24, 2.45) is 11.8 Å². The van der Waals surface area contributed by atoms with Crippen LogP contribution in [0.5, 0.6) is 5.75 Å². The number of ether oxygens (including phenoxy) is 1. The number of nitrogens with zero attached hydrogens (tertiary/aromatic N) is 8. The molecule has 2 fully saturated rings. The topological polar surface area (TPSA) is 140 Å². The molecule has 19 heteroatoms. The molecule has 3 aliphatic rings. The first kappa shape index (κ1) is 39.0. The van der Waals surface area contributed by atoms with Crippen molar-refractivity contribution in [3.8, 4) is 5.75 Å². The minimum Gasteiger partial charge on any atom is -0.485 e. The number of carbonyl (C=O) groups excluding carboxylic acids is 2. The summed E-state index contributed by atoms with van der Waals surface area (Å²) in [6.07, 6.45) is 6.73. The van der Waals surface area contributed by atoms with Crippen molar-refractivity contribution in [3.05, 3.63) is 106 Å². The number of benzene rings is 2. The Balaban J connectivity index is 1.08. The van der Waals surface area contributed by atoms with E-state index in [1.54, 1.807) is 16.4 Å². The smallest absolute Gasteiger partial charge is 0.310 e. The zero-order chi connectivity index (χ0) is 41.0. The van der Waals surface area contributed by atoms with E-state index >= 15 is 0 Å². The van der Waals surface area contributed by atoms with Crippen molar-refractivity contribution in [2.75, 3.05) is 36.4 Å². The number of fused-ring (bicyclic) bond motifs is 3. The highest BCUT2D eigenvalue weighted by Crippen LogP contribution is 3.02. The summed E-state index contributed by atoms with van der Waals surface area (Å²) in [5, 5.41) is 7.14. The number of aromatic nitrogens is 6. The van der Waals surface area contributed by atoms with Gasteiger partial charge in [0.05, 0.1) is 11.4 Å². The van der Waals surface area contributed by atoms with E-state index in [0.717, 1.165) is 42.5 Å². The number of allylic oxidation sites excluding steroid dienone is 2. The van der Waals surface area contributed by atoms with Gasteiger partial charge in [-0.2, -0.15) is 9.50 Å². The number of piperazine rings is 1. The number of anilines is 2. The van der Waals surface area contributed by atoms with Crippen LogP contribution in [0.2, 0.25) is 0 Å². The van der Waals surface area contributed by atoms with Gasteiger partial charge in [-0.15, -0.1) is 5.10 Å². The highest BCUT2D eigenvalue weighted by Gasteiger charge is 2.65. The summed E-state index contributed by atoms with van der Waals surface area (Å²) in [5.41, 5.74) is 2.60. The zero-order valence-electron chi connectivity index (χ0n) is 31.6. The average Bonchev–Trinajstić information content (AvgIpc) is 3.95. The molecule has 1 N–H and O–H groups in total. The standard InChI is InChI=1S/C39H40F5N9O4S/c1-3-31-34(50-15-17-51(18-16-50)37(55)33-35(24(2)45-23-46-33)57-22-25-7-5-4-6-8-25)38(56)53-39(48-36(49-53)30-20-26-9-10-27(30)19-26)52(31)21-32(54)47-28-11-13-29(14-12-28)58(40,41,42,43)44/h4-8,11-14,20,23,26-27H,3,9-10,15-19,21-22H2,1-2H3,(H,47,54). The van der Waals surface area contributed by atoms with Gasteiger partial charge < -0.3 is 24.4 Å². The molecule has 2 aliphatic carbocycles. The number of hydrogen-bond acceptors (Lipinski definition) is 9. The molecule has 2 atom stereocenters. The number of aryl methyl sites for hydroxylation is 1. The Morgan fingerprint density at radius 3 is 2.31 bits per heavy atom. The number of carbonyl (C=O) groups is 2. The molecule has 1 aliphatic heterocycles. The molecule has 306 valence electrons. The quantitative estimate of drug-likeness (QED) is 0.137. The normalized spacial score (nSPS) is 19.2. The van der Waals surface area contributed by atoms with Crippen LogP contribution in [0.4, 0.5) is 30.8 Å². The van der Waals surface area contributed by atoms with Crippen LogP contribution >= 0.6 is 10.2 Å². The maximum Gasteiger partial charge on any atom is 0.310 e. The average molecular weight is 826 g/mol. The lowest BCUT2D eigenvalue weighted by Gasteiger charge is -2.40. The van der Waals surface area contributed by atoms with Crippen molar-refractivity contribution in [1.82, 2.24) is 34.0 Å². The molecule has 1 saturated carbocycles. The van der Waals surface area contributed by atoms with Crippen LogP contribution < -0.4 is 20.5 Å². The van der Waals surface area contributed by atoms with Crippen molar-refractivity contribution in [3.63, 3.8) is 0 Å². The SMILES string of the molecule is CCc1c(N2CCN(C(=O)c3ncnc(C)c3OCc3ccccc3)CC2)c(=O)n2nc(C3=CC4CCC3C4)nc2n1CC(=O)Nc1ccc(S(F)(F)(F)(F)F)cc1. The van der Waals surface area contributed by atoms with Gasteiger partial charge in [-0.05, 0) is 79.8 Å². The first-order chi connectivity index (χ1) is 27.5. The molecule has 8 rings (SSSR count). The number of nitrogens with one attached hydrogen (secondary N) is 1. The second kappa shape index (κ2) is 13.9. The molecule has 4 heterocycles. The molecule has 2 aromatic carbocycles. The second-order valence-corrected chi connectivity index (χ2v) is 17.2. The fourth-order valence-electron chi connectivity index (χ4n) is 8.09. The van der Waals surface area contributed by atoms with Gasteiger partial charge in [-0.3, -0.25) is 14.4 Å². The zero-order valence-corrected chi connectivity index (χ0v) is 32.4. The lowest BCUT2D eigenvalue weighted by atomic mass is 9.98. The first-order valence-corrected chi connectivity index (χ1v) is 20.8. The third kappa shape index (κ3) is 7.61. The summed E-state index contributed by atoms with van der Waals surface area (Å²) in [4.78, 5) is 56.5. The van der Waals surface area contributed by atoms with E-state index in [-0.39, 0.29) is 91.8 Å². The van der Waals surface area contributed by atoms with Gasteiger partial charge in [0.2, 0.25) is 11.7 Å². The Labute approximate surface area is 329 Å². The molecule has 0 spiro atoms. The molecule has 2 bridgehead atoms. The summed E-state index contributed by atoms with van der Waals surface area (Å²) >= 11 is 0. The second-order valence-electron chi connectivity index (χ2n) is 14.8. The van der Waals surface area contributed by atoms with Crippen molar-refractivity contribution in [1.29, 1.82) is 0 Å². The molecule has 2 amide bonds. The summed E-state index contributed by atoms with van der Waals surface area (Å²) in [5.74, 6) is 0.360. The molecule has 58 heavy (non-hydrogen) atoms. The highest BCUT2D eigenvalue weighted by molar-refractivity contribution is 8.45. The van der Waals surface area contributed by atoms with Crippen LogP contribution in [0.25, 0.3) is 11.4 Å². The van der Waals surface area contributed by atoms with E-state index in [9.17, 15) is 33.8 Å². The van der Waals surface area contributed by atoms with E-state index in [2.05, 4.69) is 26.5 Å². The number of rotatable bonds is 11. The van der Waals surface area contributed by atoms with E-state index in [0.29, 0.717) is 23.1 Å². The van der Waals surface area contributed by atoms with Gasteiger partial charge in [0.15, 0.2) is 17.3 Å². The number of amides is 2. The lowest BCUT2D eigenvalue weighted by Crippen LogP contribution is -2.51. The summed E-state index contributed by atoms with van der Waals surface area (Å²) in [6, 6.07) is 11.5. The Morgan fingerprint density at radius 1 is 0.948 bits per heavy atom. The van der Waals surface area contributed by atoms with Crippen molar-refractivity contribution < 1.29 is 33.8 Å². The lowest BCUT2D eigenvalue weighted by molar-refractivity contribution is -0.116. The highest BCUT2D eigenvalue weighted by atomic mass is 32.5. The van der Waals surface area contributed by atoms with Gasteiger partial charge in [0, 0.05) is 31.9 Å². The minimum absolute atomic E-state index is 0.103. The maximum atomic E-state index is 14.4. The molecular weight excluding hydrogens is 786 g/mol. The van der Waals surface area contributed by atoms with Crippen LogP contribution in [0, 0.1) is 18.8 Å². The van der Waals surface area contributed by atoms with Gasteiger partial charge >= 0.3 is 10.2 Å². The van der Waals surface area contributed by atoms with Crippen molar-refractivity contribution in [2.45, 2.75) is 57.6 Å². The number of halogens is 5. The Bertz CT molecular complexity index is 2520. The summed E-state index contributed by atoms with van der Waals surface area (Å²) in [7, 11) is -9.92. The van der Waals surface area contributed by atoms with Crippen LogP contribution in [0.1, 0.15) is 59.5 Å². The summed E-state index contributed by atoms with van der Waals surface area (Å²) < 4.78 is 75.4. The fraction of sp³-hybridized carbons (Fsp3) is 0.359. The van der Waals surface area contributed by atoms with E-state index in [4.69, 9.17) is 9.72 Å². The molecular formula is C39H40F5N9O4S. The van der Waals surface area contributed by atoms with Gasteiger partial charge in [0.1, 0.15) is 30.1 Å². The van der Waals surface area contributed by atoms with Gasteiger partial charge in [-0.25, -0.2) is 9.97 Å². The monoisotopic (exact) mass is 825 g/mol. The molecule has 2 unspecified atom stereocenters. The number of hydrogen-bond donors (Lipinski definition) is 1. The Kier molecular flexibility index (Phi) is 9.36. The fourth-order valence-corrected chi connectivity index (χ4v) is 8.74. The molecule has 3 aromatic heterocycles. The Morgan fingerprint density at radius 2 is 1.67 bits per heavy atom. The van der Waals surface area contributed by atoms with Crippen LogP contribution in [-0.2, 0) is 24.4 Å². The minimum atomic E-state index is -9.92. The van der Waals surface area contributed by atoms with E-state index in [1.807, 2.05) is 42.2 Å². The maximum absolute atomic E-state index is 14.4. The largest absolute Gasteiger partial charge is 0.485 e. The van der Waals surface area contributed by atoms with E-state index < -0.39 is 33.1 Å². The third-order valence-electron chi connectivity index (χ3n) is 10.9.